The number of hydrogen-bond acceptors (Lipinski definition) is 1. The number of pyridine rings is 1. The molecule has 1 nitrogen and oxygen atoms in total. The quantitative estimate of drug-likeness (QED) is 0.746. The van der Waals surface area contributed by atoms with E-state index in [9.17, 15) is 4.39 Å². The zero-order valence-corrected chi connectivity index (χ0v) is 9.99. The summed E-state index contributed by atoms with van der Waals surface area (Å²) in [5.41, 5.74) is 1.29. The monoisotopic (exact) mass is 277 g/mol. The Balaban J connectivity index is 2.36. The van der Waals surface area contributed by atoms with E-state index in [0.29, 0.717) is 10.2 Å². The lowest BCUT2D eigenvalue weighted by Gasteiger charge is -1.99. The first-order valence-electron chi connectivity index (χ1n) is 4.80. The topological polar surface area (TPSA) is 12.9 Å². The molecule has 0 spiro atoms. The lowest BCUT2D eigenvalue weighted by molar-refractivity contribution is 0.765. The first-order valence-corrected chi connectivity index (χ1v) is 5.60. The Kier molecular flexibility index (Phi) is 3.47. The van der Waals surface area contributed by atoms with Gasteiger partial charge in [-0.25, -0.2) is 9.37 Å². The van der Waals surface area contributed by atoms with E-state index in [1.54, 1.807) is 42.6 Å². The normalized spacial score (nSPS) is 11.5. The number of hydrogen-bond donors (Lipinski definition) is 0. The molecule has 0 radical (unpaired) electrons. The minimum absolute atomic E-state index is 0.269. The molecule has 16 heavy (non-hydrogen) atoms. The number of rotatable bonds is 2. The van der Waals surface area contributed by atoms with Gasteiger partial charge in [-0.05, 0) is 28.1 Å². The van der Waals surface area contributed by atoms with Crippen LogP contribution in [0.15, 0.2) is 53.3 Å². The standard InChI is InChI=1S/C13H9BrFN/c14-13-11(7-4-8-16-13)9-12(15)10-5-2-1-3-6-10/h1-9H/b12-9-. The smallest absolute Gasteiger partial charge is 0.131 e. The van der Waals surface area contributed by atoms with E-state index in [1.165, 1.54) is 6.08 Å². The molecular weight excluding hydrogens is 269 g/mol. The largest absolute Gasteiger partial charge is 0.249 e. The van der Waals surface area contributed by atoms with Crippen LogP contribution in [-0.2, 0) is 0 Å². The summed E-state index contributed by atoms with van der Waals surface area (Å²) in [6.45, 7) is 0. The highest BCUT2D eigenvalue weighted by Gasteiger charge is 2.01. The van der Waals surface area contributed by atoms with Gasteiger partial charge in [0.15, 0.2) is 0 Å². The number of nitrogens with zero attached hydrogens (tertiary/aromatic N) is 1. The van der Waals surface area contributed by atoms with Crippen LogP contribution in [0.25, 0.3) is 11.9 Å². The molecule has 3 heteroatoms. The van der Waals surface area contributed by atoms with Crippen molar-refractivity contribution in [2.24, 2.45) is 0 Å². The molecule has 0 saturated heterocycles. The third-order valence-electron chi connectivity index (χ3n) is 2.12. The van der Waals surface area contributed by atoms with Gasteiger partial charge in [0.05, 0.1) is 0 Å². The summed E-state index contributed by atoms with van der Waals surface area (Å²) in [5, 5.41) is 0. The summed E-state index contributed by atoms with van der Waals surface area (Å²) in [6, 6.07) is 12.5. The Labute approximate surface area is 102 Å². The van der Waals surface area contributed by atoms with E-state index in [4.69, 9.17) is 0 Å². The maximum atomic E-state index is 13.8. The highest BCUT2D eigenvalue weighted by atomic mass is 79.9. The summed E-state index contributed by atoms with van der Waals surface area (Å²) in [7, 11) is 0. The average Bonchev–Trinajstić information content (AvgIpc) is 2.33. The van der Waals surface area contributed by atoms with Crippen molar-refractivity contribution in [1.82, 2.24) is 4.98 Å². The van der Waals surface area contributed by atoms with Crippen LogP contribution in [0, 0.1) is 0 Å². The van der Waals surface area contributed by atoms with Crippen molar-refractivity contribution in [3.05, 3.63) is 64.4 Å². The first kappa shape index (κ1) is 11.0. The van der Waals surface area contributed by atoms with E-state index in [1.807, 2.05) is 6.07 Å². The fourth-order valence-electron chi connectivity index (χ4n) is 1.32. The van der Waals surface area contributed by atoms with Crippen molar-refractivity contribution in [3.8, 4) is 0 Å². The van der Waals surface area contributed by atoms with E-state index in [-0.39, 0.29) is 5.83 Å². The molecule has 0 N–H and O–H groups in total. The second-order valence-corrected chi connectivity index (χ2v) is 3.99. The zero-order chi connectivity index (χ0) is 11.4. The molecule has 0 saturated carbocycles. The van der Waals surface area contributed by atoms with Gasteiger partial charge in [-0.2, -0.15) is 0 Å². The van der Waals surface area contributed by atoms with Gasteiger partial charge in [0.2, 0.25) is 0 Å². The van der Waals surface area contributed by atoms with E-state index >= 15 is 0 Å². The number of aromatic nitrogens is 1. The van der Waals surface area contributed by atoms with Gasteiger partial charge in [0.1, 0.15) is 10.4 Å². The second-order valence-electron chi connectivity index (χ2n) is 3.24. The zero-order valence-electron chi connectivity index (χ0n) is 8.40. The minimum Gasteiger partial charge on any atom is -0.249 e. The molecule has 0 fully saturated rings. The molecule has 2 aromatic rings. The summed E-state index contributed by atoms with van der Waals surface area (Å²) in [4.78, 5) is 4.03. The molecular formula is C13H9BrFN. The van der Waals surface area contributed by atoms with Gasteiger partial charge in [-0.15, -0.1) is 0 Å². The van der Waals surface area contributed by atoms with Crippen LogP contribution in [0.3, 0.4) is 0 Å². The fraction of sp³-hybridized carbons (Fsp3) is 0. The molecule has 80 valence electrons. The summed E-state index contributed by atoms with van der Waals surface area (Å²) < 4.78 is 14.5. The Hall–Kier alpha value is -1.48. The predicted molar refractivity (Wildman–Crippen MR) is 67.4 cm³/mol. The van der Waals surface area contributed by atoms with Gasteiger partial charge in [-0.3, -0.25) is 0 Å². The van der Waals surface area contributed by atoms with Crippen LogP contribution >= 0.6 is 15.9 Å². The van der Waals surface area contributed by atoms with Crippen molar-refractivity contribution < 1.29 is 4.39 Å². The van der Waals surface area contributed by atoms with Crippen molar-refractivity contribution in [3.63, 3.8) is 0 Å². The lowest BCUT2D eigenvalue weighted by Crippen LogP contribution is -1.81. The molecule has 0 bridgehead atoms. The first-order chi connectivity index (χ1) is 7.77. The van der Waals surface area contributed by atoms with Crippen molar-refractivity contribution in [2.75, 3.05) is 0 Å². The SMILES string of the molecule is F/C(=C\c1cccnc1Br)c1ccccc1. The fourth-order valence-corrected chi connectivity index (χ4v) is 1.69. The molecule has 1 heterocycles. The molecule has 0 unspecified atom stereocenters. The van der Waals surface area contributed by atoms with Gasteiger partial charge in [0.25, 0.3) is 0 Å². The number of benzene rings is 1. The maximum absolute atomic E-state index is 13.8. The molecule has 0 aliphatic rings. The molecule has 0 aliphatic carbocycles. The minimum atomic E-state index is -0.269. The predicted octanol–water partition coefficient (Wildman–Crippen LogP) is 4.31. The summed E-state index contributed by atoms with van der Waals surface area (Å²) in [6.07, 6.45) is 3.12. The van der Waals surface area contributed by atoms with E-state index < -0.39 is 0 Å². The van der Waals surface area contributed by atoms with Gasteiger partial charge < -0.3 is 0 Å². The third kappa shape index (κ3) is 2.55. The average molecular weight is 278 g/mol. The van der Waals surface area contributed by atoms with Crippen molar-refractivity contribution in [2.45, 2.75) is 0 Å². The second kappa shape index (κ2) is 5.03. The van der Waals surface area contributed by atoms with Crippen molar-refractivity contribution >= 4 is 27.8 Å². The van der Waals surface area contributed by atoms with Crippen LogP contribution in [0.4, 0.5) is 4.39 Å². The summed E-state index contributed by atoms with van der Waals surface area (Å²) in [5.74, 6) is -0.269. The van der Waals surface area contributed by atoms with Crippen molar-refractivity contribution in [1.29, 1.82) is 0 Å². The molecule has 1 aromatic heterocycles. The highest BCUT2D eigenvalue weighted by molar-refractivity contribution is 9.10. The van der Waals surface area contributed by atoms with Gasteiger partial charge in [-0.1, -0.05) is 36.4 Å². The van der Waals surface area contributed by atoms with Crippen LogP contribution in [0.1, 0.15) is 11.1 Å². The molecule has 1 aromatic carbocycles. The molecule has 2 rings (SSSR count). The Morgan fingerprint density at radius 1 is 1.12 bits per heavy atom. The highest BCUT2D eigenvalue weighted by Crippen LogP contribution is 2.22. The summed E-state index contributed by atoms with van der Waals surface area (Å²) >= 11 is 3.27. The van der Waals surface area contributed by atoms with Crippen LogP contribution < -0.4 is 0 Å². The lowest BCUT2D eigenvalue weighted by atomic mass is 10.1. The Bertz CT molecular complexity index is 508. The number of halogens is 2. The molecule has 0 amide bonds. The van der Waals surface area contributed by atoms with E-state index in [2.05, 4.69) is 20.9 Å². The van der Waals surface area contributed by atoms with Crippen LogP contribution in [0.2, 0.25) is 0 Å². The maximum Gasteiger partial charge on any atom is 0.131 e. The molecule has 0 atom stereocenters. The van der Waals surface area contributed by atoms with Crippen LogP contribution in [0.5, 0.6) is 0 Å². The Morgan fingerprint density at radius 2 is 1.88 bits per heavy atom. The van der Waals surface area contributed by atoms with Gasteiger partial charge >= 0.3 is 0 Å². The van der Waals surface area contributed by atoms with Gasteiger partial charge in [0, 0.05) is 17.3 Å². The third-order valence-corrected chi connectivity index (χ3v) is 2.78. The van der Waals surface area contributed by atoms with E-state index in [0.717, 1.165) is 5.56 Å². The molecule has 0 aliphatic heterocycles. The Morgan fingerprint density at radius 3 is 2.56 bits per heavy atom. The van der Waals surface area contributed by atoms with Crippen LogP contribution in [-0.4, -0.2) is 4.98 Å².